The van der Waals surface area contributed by atoms with E-state index in [1.165, 1.54) is 0 Å². The van der Waals surface area contributed by atoms with Crippen molar-refractivity contribution in [2.24, 2.45) is 5.73 Å². The van der Waals surface area contributed by atoms with Crippen LogP contribution in [0.15, 0.2) is 24.3 Å². The molecule has 5 heteroatoms. The molecule has 1 aromatic carbocycles. The maximum Gasteiger partial charge on any atom is 0.322 e. The quantitative estimate of drug-likeness (QED) is 0.825. The van der Waals surface area contributed by atoms with Gasteiger partial charge in [-0.15, -0.1) is 0 Å². The van der Waals surface area contributed by atoms with Crippen molar-refractivity contribution < 1.29 is 9.53 Å². The van der Waals surface area contributed by atoms with Crippen LogP contribution in [0.3, 0.4) is 0 Å². The Bertz CT molecular complexity index is 415. The van der Waals surface area contributed by atoms with E-state index in [9.17, 15) is 4.79 Å². The first-order valence-electron chi connectivity index (χ1n) is 6.66. The molecule has 2 amide bonds. The minimum Gasteiger partial charge on any atom is -0.497 e. The summed E-state index contributed by atoms with van der Waals surface area (Å²) in [5.41, 5.74) is 6.29. The number of anilines is 1. The van der Waals surface area contributed by atoms with Crippen molar-refractivity contribution in [2.45, 2.75) is 25.3 Å². The van der Waals surface area contributed by atoms with Crippen molar-refractivity contribution in [1.82, 2.24) is 4.90 Å². The molecule has 0 bridgehead atoms. The molecule has 3 N–H and O–H groups in total. The van der Waals surface area contributed by atoms with Gasteiger partial charge >= 0.3 is 6.03 Å². The summed E-state index contributed by atoms with van der Waals surface area (Å²) in [6.45, 7) is 1.34. The second-order valence-electron chi connectivity index (χ2n) is 4.73. The van der Waals surface area contributed by atoms with E-state index < -0.39 is 0 Å². The van der Waals surface area contributed by atoms with Crippen molar-refractivity contribution in [1.29, 1.82) is 0 Å². The van der Waals surface area contributed by atoms with Crippen LogP contribution in [0.25, 0.3) is 0 Å². The first-order valence-corrected chi connectivity index (χ1v) is 6.66. The highest BCUT2D eigenvalue weighted by atomic mass is 16.5. The fourth-order valence-corrected chi connectivity index (χ4v) is 1.97. The molecule has 0 aliphatic heterocycles. The van der Waals surface area contributed by atoms with E-state index >= 15 is 0 Å². The molecule has 1 aliphatic rings. The van der Waals surface area contributed by atoms with E-state index in [2.05, 4.69) is 5.32 Å². The van der Waals surface area contributed by atoms with Crippen LogP contribution in [-0.4, -0.2) is 37.2 Å². The molecule has 104 valence electrons. The summed E-state index contributed by atoms with van der Waals surface area (Å²) < 4.78 is 5.09. The topological polar surface area (TPSA) is 67.6 Å². The number of rotatable bonds is 6. The lowest BCUT2D eigenvalue weighted by Crippen LogP contribution is -2.38. The summed E-state index contributed by atoms with van der Waals surface area (Å²) in [6.07, 6.45) is 3.04. The van der Waals surface area contributed by atoms with Gasteiger partial charge in [-0.25, -0.2) is 4.79 Å². The highest BCUT2D eigenvalue weighted by Crippen LogP contribution is 2.27. The zero-order chi connectivity index (χ0) is 13.7. The largest absolute Gasteiger partial charge is 0.497 e. The zero-order valence-electron chi connectivity index (χ0n) is 11.3. The molecule has 1 aliphatic carbocycles. The number of benzene rings is 1. The third-order valence-electron chi connectivity index (χ3n) is 3.19. The predicted molar refractivity (Wildman–Crippen MR) is 75.4 cm³/mol. The van der Waals surface area contributed by atoms with Crippen molar-refractivity contribution in [2.75, 3.05) is 25.5 Å². The van der Waals surface area contributed by atoms with E-state index in [4.69, 9.17) is 10.5 Å². The van der Waals surface area contributed by atoms with Gasteiger partial charge in [-0.3, -0.25) is 0 Å². The van der Waals surface area contributed by atoms with Crippen molar-refractivity contribution in [3.05, 3.63) is 24.3 Å². The lowest BCUT2D eigenvalue weighted by atomic mass is 10.3. The van der Waals surface area contributed by atoms with E-state index in [1.807, 2.05) is 29.2 Å². The number of carbonyl (C=O) groups is 1. The number of ether oxygens (including phenoxy) is 1. The van der Waals surface area contributed by atoms with Crippen LogP contribution in [0.4, 0.5) is 10.5 Å². The second kappa shape index (κ2) is 6.43. The van der Waals surface area contributed by atoms with Crippen LogP contribution in [-0.2, 0) is 0 Å². The zero-order valence-corrected chi connectivity index (χ0v) is 11.3. The molecule has 0 heterocycles. The molecule has 0 spiro atoms. The Labute approximate surface area is 113 Å². The smallest absolute Gasteiger partial charge is 0.322 e. The van der Waals surface area contributed by atoms with Gasteiger partial charge in [-0.1, -0.05) is 0 Å². The summed E-state index contributed by atoms with van der Waals surface area (Å²) in [4.78, 5) is 14.1. The third-order valence-corrected chi connectivity index (χ3v) is 3.19. The van der Waals surface area contributed by atoms with Crippen molar-refractivity contribution in [3.8, 4) is 5.75 Å². The van der Waals surface area contributed by atoms with Gasteiger partial charge in [0.2, 0.25) is 0 Å². The third kappa shape index (κ3) is 3.86. The number of hydrogen-bond donors (Lipinski definition) is 2. The van der Waals surface area contributed by atoms with Crippen LogP contribution in [0.1, 0.15) is 19.3 Å². The maximum absolute atomic E-state index is 12.2. The SMILES string of the molecule is COc1ccc(NC(=O)N(CCCN)C2CC2)cc1. The molecule has 1 fully saturated rings. The first kappa shape index (κ1) is 13.7. The molecular formula is C14H21N3O2. The maximum atomic E-state index is 12.2. The number of amides is 2. The average Bonchev–Trinajstić information content (AvgIpc) is 3.25. The summed E-state index contributed by atoms with van der Waals surface area (Å²) in [7, 11) is 1.62. The van der Waals surface area contributed by atoms with Gasteiger partial charge in [-0.05, 0) is 50.1 Å². The van der Waals surface area contributed by atoms with Gasteiger partial charge in [0.1, 0.15) is 5.75 Å². The lowest BCUT2D eigenvalue weighted by Gasteiger charge is -2.22. The Kier molecular flexibility index (Phi) is 4.63. The van der Waals surface area contributed by atoms with E-state index in [1.54, 1.807) is 7.11 Å². The van der Waals surface area contributed by atoms with Gasteiger partial charge in [0.25, 0.3) is 0 Å². The molecule has 5 nitrogen and oxygen atoms in total. The molecule has 0 saturated heterocycles. The van der Waals surface area contributed by atoms with E-state index in [0.717, 1.165) is 37.2 Å². The first-order chi connectivity index (χ1) is 9.24. The monoisotopic (exact) mass is 263 g/mol. The van der Waals surface area contributed by atoms with Crippen LogP contribution in [0, 0.1) is 0 Å². The number of methoxy groups -OCH3 is 1. The minimum absolute atomic E-state index is 0.0406. The highest BCUT2D eigenvalue weighted by molar-refractivity contribution is 5.89. The molecule has 0 unspecified atom stereocenters. The normalized spacial score (nSPS) is 14.0. The van der Waals surface area contributed by atoms with E-state index in [0.29, 0.717) is 12.6 Å². The summed E-state index contributed by atoms with van der Waals surface area (Å²) in [6, 6.07) is 7.69. The Morgan fingerprint density at radius 2 is 2.11 bits per heavy atom. The Morgan fingerprint density at radius 3 is 2.63 bits per heavy atom. The van der Waals surface area contributed by atoms with Gasteiger partial charge in [0, 0.05) is 18.3 Å². The Hall–Kier alpha value is -1.75. The van der Waals surface area contributed by atoms with E-state index in [-0.39, 0.29) is 6.03 Å². The number of hydrogen-bond acceptors (Lipinski definition) is 3. The summed E-state index contributed by atoms with van der Waals surface area (Å²) >= 11 is 0. The molecule has 1 aromatic rings. The minimum atomic E-state index is -0.0406. The lowest BCUT2D eigenvalue weighted by molar-refractivity contribution is 0.208. The van der Waals surface area contributed by atoms with Crippen molar-refractivity contribution >= 4 is 11.7 Å². The Morgan fingerprint density at radius 1 is 1.42 bits per heavy atom. The molecular weight excluding hydrogens is 242 g/mol. The molecule has 0 radical (unpaired) electrons. The fraction of sp³-hybridized carbons (Fsp3) is 0.500. The second-order valence-corrected chi connectivity index (χ2v) is 4.73. The standard InChI is InChI=1S/C14H21N3O2/c1-19-13-7-3-11(4-8-13)16-14(18)17(10-2-9-15)12-5-6-12/h3-4,7-8,12H,2,5-6,9-10,15H2,1H3,(H,16,18). The molecule has 0 atom stereocenters. The number of carbonyl (C=O) groups excluding carboxylic acids is 1. The number of nitrogens with one attached hydrogen (secondary N) is 1. The summed E-state index contributed by atoms with van der Waals surface area (Å²) in [5.74, 6) is 0.778. The fourth-order valence-electron chi connectivity index (χ4n) is 1.97. The Balaban J connectivity index is 1.93. The number of nitrogens with two attached hydrogens (primary N) is 1. The van der Waals surface area contributed by atoms with Gasteiger partial charge < -0.3 is 20.7 Å². The predicted octanol–water partition coefficient (Wildman–Crippen LogP) is 2.04. The van der Waals surface area contributed by atoms with Crippen LogP contribution in [0.5, 0.6) is 5.75 Å². The van der Waals surface area contributed by atoms with Crippen LogP contribution < -0.4 is 15.8 Å². The highest BCUT2D eigenvalue weighted by Gasteiger charge is 2.32. The van der Waals surface area contributed by atoms with Crippen LogP contribution in [0.2, 0.25) is 0 Å². The molecule has 2 rings (SSSR count). The summed E-state index contributed by atoms with van der Waals surface area (Å²) in [5, 5.41) is 2.91. The van der Waals surface area contributed by atoms with Gasteiger partial charge in [0.05, 0.1) is 7.11 Å². The van der Waals surface area contributed by atoms with Gasteiger partial charge in [0.15, 0.2) is 0 Å². The van der Waals surface area contributed by atoms with Crippen molar-refractivity contribution in [3.63, 3.8) is 0 Å². The average molecular weight is 263 g/mol. The molecule has 19 heavy (non-hydrogen) atoms. The van der Waals surface area contributed by atoms with Gasteiger partial charge in [-0.2, -0.15) is 0 Å². The van der Waals surface area contributed by atoms with Crippen LogP contribution >= 0.6 is 0 Å². The molecule has 1 saturated carbocycles. The number of urea groups is 1. The number of nitrogens with zero attached hydrogens (tertiary/aromatic N) is 1. The molecule has 0 aromatic heterocycles.